The first-order chi connectivity index (χ1) is 8.58. The number of thiophene rings is 1. The van der Waals surface area contributed by atoms with E-state index in [-0.39, 0.29) is 5.82 Å². The second-order valence-corrected chi connectivity index (χ2v) is 4.81. The molecule has 1 aromatic carbocycles. The molecule has 94 valence electrons. The smallest absolute Gasteiger partial charge is 0.346 e. The van der Waals surface area contributed by atoms with E-state index >= 15 is 0 Å². The van der Waals surface area contributed by atoms with Crippen molar-refractivity contribution in [3.63, 3.8) is 0 Å². The number of carboxylic acid groups (broad SMARTS) is 1. The molecular formula is C13H12FNO2S. The summed E-state index contributed by atoms with van der Waals surface area (Å²) in [5.74, 6) is -1.21. The first kappa shape index (κ1) is 12.6. The van der Waals surface area contributed by atoms with Crippen molar-refractivity contribution in [2.45, 2.75) is 13.5 Å². The Bertz CT molecular complexity index is 580. The fraction of sp³-hybridized carbons (Fsp3) is 0.154. The van der Waals surface area contributed by atoms with Gasteiger partial charge < -0.3 is 10.4 Å². The van der Waals surface area contributed by atoms with Crippen LogP contribution in [0.2, 0.25) is 0 Å². The third-order valence-electron chi connectivity index (χ3n) is 2.60. The molecule has 0 aliphatic carbocycles. The Morgan fingerprint density at radius 2 is 2.22 bits per heavy atom. The number of hydrogen-bond acceptors (Lipinski definition) is 3. The standard InChI is InChI=1S/C13H12FNO2S/c1-8-2-3-10(6-11(8)14)15-7-9-4-5-18-12(9)13(16)17/h2-6,15H,7H2,1H3,(H,16,17). The van der Waals surface area contributed by atoms with Gasteiger partial charge in [0.05, 0.1) is 0 Å². The zero-order valence-corrected chi connectivity index (χ0v) is 10.6. The molecule has 2 aromatic rings. The van der Waals surface area contributed by atoms with Gasteiger partial charge in [0, 0.05) is 12.2 Å². The summed E-state index contributed by atoms with van der Waals surface area (Å²) in [6.45, 7) is 2.06. The number of hydrogen-bond donors (Lipinski definition) is 2. The van der Waals surface area contributed by atoms with Gasteiger partial charge in [0.25, 0.3) is 0 Å². The van der Waals surface area contributed by atoms with Crippen molar-refractivity contribution in [3.05, 3.63) is 51.5 Å². The summed E-state index contributed by atoms with van der Waals surface area (Å²) in [7, 11) is 0. The van der Waals surface area contributed by atoms with Crippen molar-refractivity contribution in [1.82, 2.24) is 0 Å². The molecular weight excluding hydrogens is 253 g/mol. The molecule has 0 radical (unpaired) electrons. The number of nitrogens with one attached hydrogen (secondary N) is 1. The Morgan fingerprint density at radius 3 is 2.89 bits per heavy atom. The van der Waals surface area contributed by atoms with E-state index in [0.29, 0.717) is 28.2 Å². The molecule has 2 rings (SSSR count). The van der Waals surface area contributed by atoms with E-state index in [1.165, 1.54) is 17.4 Å². The number of anilines is 1. The van der Waals surface area contributed by atoms with Crippen molar-refractivity contribution < 1.29 is 14.3 Å². The van der Waals surface area contributed by atoms with Crippen LogP contribution in [0.5, 0.6) is 0 Å². The van der Waals surface area contributed by atoms with Gasteiger partial charge in [-0.25, -0.2) is 9.18 Å². The average molecular weight is 265 g/mol. The van der Waals surface area contributed by atoms with E-state index in [4.69, 9.17) is 5.11 Å². The quantitative estimate of drug-likeness (QED) is 0.889. The molecule has 0 bridgehead atoms. The van der Waals surface area contributed by atoms with Crippen LogP contribution in [0.25, 0.3) is 0 Å². The summed E-state index contributed by atoms with van der Waals surface area (Å²) >= 11 is 1.18. The maximum absolute atomic E-state index is 13.3. The second-order valence-electron chi connectivity index (χ2n) is 3.90. The van der Waals surface area contributed by atoms with Crippen molar-refractivity contribution in [2.24, 2.45) is 0 Å². The molecule has 2 N–H and O–H groups in total. The maximum Gasteiger partial charge on any atom is 0.346 e. The van der Waals surface area contributed by atoms with Gasteiger partial charge in [0.1, 0.15) is 10.7 Å². The molecule has 0 unspecified atom stereocenters. The summed E-state index contributed by atoms with van der Waals surface area (Å²) < 4.78 is 13.3. The van der Waals surface area contributed by atoms with Crippen LogP contribution in [0.1, 0.15) is 20.8 Å². The van der Waals surface area contributed by atoms with Crippen molar-refractivity contribution in [2.75, 3.05) is 5.32 Å². The van der Waals surface area contributed by atoms with E-state index in [9.17, 15) is 9.18 Å². The zero-order valence-electron chi connectivity index (χ0n) is 9.74. The van der Waals surface area contributed by atoms with Gasteiger partial charge >= 0.3 is 5.97 Å². The zero-order chi connectivity index (χ0) is 13.1. The normalized spacial score (nSPS) is 10.3. The predicted molar refractivity (Wildman–Crippen MR) is 69.7 cm³/mol. The van der Waals surface area contributed by atoms with Gasteiger partial charge in [-0.3, -0.25) is 0 Å². The van der Waals surface area contributed by atoms with E-state index in [2.05, 4.69) is 5.32 Å². The number of carboxylic acids is 1. The summed E-state index contributed by atoms with van der Waals surface area (Å²) in [4.78, 5) is 11.2. The molecule has 1 heterocycles. The topological polar surface area (TPSA) is 49.3 Å². The SMILES string of the molecule is Cc1ccc(NCc2ccsc2C(=O)O)cc1F. The molecule has 5 heteroatoms. The lowest BCUT2D eigenvalue weighted by Crippen LogP contribution is -2.04. The lowest BCUT2D eigenvalue weighted by molar-refractivity contribution is 0.0701. The molecule has 1 aromatic heterocycles. The lowest BCUT2D eigenvalue weighted by Gasteiger charge is -2.07. The number of carbonyl (C=O) groups is 1. The molecule has 0 saturated carbocycles. The molecule has 0 amide bonds. The minimum atomic E-state index is -0.933. The molecule has 0 fully saturated rings. The van der Waals surface area contributed by atoms with Gasteiger partial charge in [-0.05, 0) is 41.6 Å². The largest absolute Gasteiger partial charge is 0.477 e. The minimum absolute atomic E-state index is 0.274. The first-order valence-corrected chi connectivity index (χ1v) is 6.25. The molecule has 0 aliphatic rings. The second kappa shape index (κ2) is 5.18. The third kappa shape index (κ3) is 2.68. The highest BCUT2D eigenvalue weighted by molar-refractivity contribution is 7.12. The lowest BCUT2D eigenvalue weighted by atomic mass is 10.2. The number of aryl methyl sites for hydroxylation is 1. The average Bonchev–Trinajstić information content (AvgIpc) is 2.79. The fourth-order valence-electron chi connectivity index (χ4n) is 1.56. The summed E-state index contributed by atoms with van der Waals surface area (Å²) in [5, 5.41) is 13.7. The summed E-state index contributed by atoms with van der Waals surface area (Å²) in [5.41, 5.74) is 1.93. The fourth-order valence-corrected chi connectivity index (χ4v) is 2.32. The molecule has 0 atom stereocenters. The van der Waals surface area contributed by atoms with Crippen LogP contribution in [0, 0.1) is 12.7 Å². The van der Waals surface area contributed by atoms with Crippen LogP contribution in [-0.4, -0.2) is 11.1 Å². The number of aromatic carboxylic acids is 1. The van der Waals surface area contributed by atoms with Gasteiger partial charge in [-0.1, -0.05) is 6.07 Å². The number of benzene rings is 1. The third-order valence-corrected chi connectivity index (χ3v) is 3.54. The van der Waals surface area contributed by atoms with Crippen LogP contribution >= 0.6 is 11.3 Å². The predicted octanol–water partition coefficient (Wildman–Crippen LogP) is 3.51. The Labute approximate surface area is 108 Å². The Hall–Kier alpha value is -1.88. The monoisotopic (exact) mass is 265 g/mol. The van der Waals surface area contributed by atoms with Crippen LogP contribution in [0.4, 0.5) is 10.1 Å². The highest BCUT2D eigenvalue weighted by Gasteiger charge is 2.11. The Balaban J connectivity index is 2.09. The molecule has 3 nitrogen and oxygen atoms in total. The van der Waals surface area contributed by atoms with Gasteiger partial charge in [-0.15, -0.1) is 11.3 Å². The molecule has 0 aliphatic heterocycles. The molecule has 0 saturated heterocycles. The van der Waals surface area contributed by atoms with Crippen LogP contribution in [-0.2, 0) is 6.54 Å². The maximum atomic E-state index is 13.3. The number of halogens is 1. The Kier molecular flexibility index (Phi) is 3.62. The van der Waals surface area contributed by atoms with E-state index in [0.717, 1.165) is 0 Å². The van der Waals surface area contributed by atoms with Crippen molar-refractivity contribution >= 4 is 23.0 Å². The highest BCUT2D eigenvalue weighted by Crippen LogP contribution is 2.19. The molecule has 0 spiro atoms. The van der Waals surface area contributed by atoms with Crippen LogP contribution in [0.3, 0.4) is 0 Å². The van der Waals surface area contributed by atoms with Crippen LogP contribution in [0.15, 0.2) is 29.6 Å². The highest BCUT2D eigenvalue weighted by atomic mass is 32.1. The number of rotatable bonds is 4. The summed E-state index contributed by atoms with van der Waals surface area (Å²) in [6, 6.07) is 6.61. The van der Waals surface area contributed by atoms with Gasteiger partial charge in [-0.2, -0.15) is 0 Å². The van der Waals surface area contributed by atoms with E-state index in [1.54, 1.807) is 30.5 Å². The van der Waals surface area contributed by atoms with Gasteiger partial charge in [0.2, 0.25) is 0 Å². The molecule has 18 heavy (non-hydrogen) atoms. The summed E-state index contributed by atoms with van der Waals surface area (Å²) in [6.07, 6.45) is 0. The van der Waals surface area contributed by atoms with Crippen LogP contribution < -0.4 is 5.32 Å². The van der Waals surface area contributed by atoms with Crippen molar-refractivity contribution in [3.8, 4) is 0 Å². The minimum Gasteiger partial charge on any atom is -0.477 e. The first-order valence-electron chi connectivity index (χ1n) is 5.37. The van der Waals surface area contributed by atoms with Gasteiger partial charge in [0.15, 0.2) is 0 Å². The van der Waals surface area contributed by atoms with E-state index < -0.39 is 5.97 Å². The Morgan fingerprint density at radius 1 is 1.44 bits per heavy atom. The van der Waals surface area contributed by atoms with Crippen molar-refractivity contribution in [1.29, 1.82) is 0 Å². The van der Waals surface area contributed by atoms with E-state index in [1.807, 2.05) is 0 Å².